The second-order valence-electron chi connectivity index (χ2n) is 6.92. The van der Waals surface area contributed by atoms with E-state index in [2.05, 4.69) is 10.5 Å². The van der Waals surface area contributed by atoms with E-state index in [1.54, 1.807) is 6.92 Å². The van der Waals surface area contributed by atoms with Gasteiger partial charge in [0.05, 0.1) is 11.7 Å². The molecule has 0 spiro atoms. The Balaban J connectivity index is 1.49. The Labute approximate surface area is 168 Å². The predicted octanol–water partition coefficient (Wildman–Crippen LogP) is 4.51. The van der Waals surface area contributed by atoms with Crippen LogP contribution in [0.4, 0.5) is 14.5 Å². The molecule has 5 nitrogen and oxygen atoms in total. The summed E-state index contributed by atoms with van der Waals surface area (Å²) in [5.41, 5.74) is 1.62. The van der Waals surface area contributed by atoms with Crippen LogP contribution in [0.5, 0.6) is 0 Å². The molecule has 1 amide bonds. The van der Waals surface area contributed by atoms with Gasteiger partial charge in [-0.15, -0.1) is 0 Å². The highest BCUT2D eigenvalue weighted by Gasteiger charge is 2.19. The number of nitrogens with zero attached hydrogens (tertiary/aromatic N) is 2. The van der Waals surface area contributed by atoms with Crippen molar-refractivity contribution in [2.75, 3.05) is 18.9 Å². The molecule has 7 heteroatoms. The molecule has 1 atom stereocenters. The Morgan fingerprint density at radius 3 is 2.69 bits per heavy atom. The quantitative estimate of drug-likeness (QED) is 0.605. The van der Waals surface area contributed by atoms with Crippen LogP contribution in [0.15, 0.2) is 59.1 Å². The second kappa shape index (κ2) is 9.43. The number of halogens is 2. The number of likely N-dealkylation sites (N-methyl/N-ethyl adjacent to an activating group) is 1. The summed E-state index contributed by atoms with van der Waals surface area (Å²) in [5.74, 6) is -0.905. The molecule has 0 aliphatic heterocycles. The van der Waals surface area contributed by atoms with Gasteiger partial charge in [-0.3, -0.25) is 9.69 Å². The van der Waals surface area contributed by atoms with Crippen LogP contribution in [-0.4, -0.2) is 35.6 Å². The summed E-state index contributed by atoms with van der Waals surface area (Å²) in [6, 6.07) is 14.1. The molecule has 3 rings (SSSR count). The number of nitrogens with one attached hydrogen (secondary N) is 1. The fourth-order valence-electron chi connectivity index (χ4n) is 2.90. The van der Waals surface area contributed by atoms with Crippen molar-refractivity contribution >= 4 is 11.6 Å². The molecular weight excluding hydrogens is 376 g/mol. The zero-order valence-corrected chi connectivity index (χ0v) is 16.4. The highest BCUT2D eigenvalue weighted by atomic mass is 19.1. The number of hydrogen-bond donors (Lipinski definition) is 1. The zero-order chi connectivity index (χ0) is 20.8. The average molecular weight is 399 g/mol. The molecule has 1 N–H and O–H groups in total. The Morgan fingerprint density at radius 1 is 1.17 bits per heavy atom. The van der Waals surface area contributed by atoms with Gasteiger partial charge in [0.2, 0.25) is 5.91 Å². The third kappa shape index (κ3) is 5.48. The van der Waals surface area contributed by atoms with E-state index >= 15 is 0 Å². The number of anilines is 1. The summed E-state index contributed by atoms with van der Waals surface area (Å²) in [7, 11) is 1.81. The molecule has 3 aromatic rings. The lowest BCUT2D eigenvalue weighted by atomic mass is 10.1. The van der Waals surface area contributed by atoms with Crippen molar-refractivity contribution in [3.8, 4) is 11.3 Å². The van der Waals surface area contributed by atoms with Gasteiger partial charge in [0.25, 0.3) is 0 Å². The molecule has 0 bridgehead atoms. The Kier molecular flexibility index (Phi) is 6.72. The van der Waals surface area contributed by atoms with Gasteiger partial charge in [-0.25, -0.2) is 8.78 Å². The van der Waals surface area contributed by atoms with E-state index in [-0.39, 0.29) is 5.69 Å². The third-order valence-corrected chi connectivity index (χ3v) is 4.79. The van der Waals surface area contributed by atoms with Crippen LogP contribution in [-0.2, 0) is 11.2 Å². The van der Waals surface area contributed by atoms with Crippen molar-refractivity contribution in [1.29, 1.82) is 0 Å². The monoisotopic (exact) mass is 399 g/mol. The van der Waals surface area contributed by atoms with Gasteiger partial charge in [-0.05, 0) is 39.1 Å². The Hall–Kier alpha value is -3.06. The molecule has 29 heavy (non-hydrogen) atoms. The third-order valence-electron chi connectivity index (χ3n) is 4.79. The molecule has 1 heterocycles. The van der Waals surface area contributed by atoms with Crippen molar-refractivity contribution in [1.82, 2.24) is 10.1 Å². The van der Waals surface area contributed by atoms with E-state index in [9.17, 15) is 13.6 Å². The molecule has 0 aliphatic rings. The molecule has 0 fully saturated rings. The number of rotatable bonds is 8. The lowest BCUT2D eigenvalue weighted by Gasteiger charge is -2.23. The first-order valence-corrected chi connectivity index (χ1v) is 9.41. The maximum atomic E-state index is 13.7. The fraction of sp³-hybridized carbons (Fsp3) is 0.273. The number of benzene rings is 2. The molecule has 0 radical (unpaired) electrons. The molecule has 0 saturated heterocycles. The summed E-state index contributed by atoms with van der Waals surface area (Å²) in [4.78, 5) is 14.2. The number of hydrogen-bond acceptors (Lipinski definition) is 4. The van der Waals surface area contributed by atoms with Gasteiger partial charge in [-0.1, -0.05) is 35.5 Å². The molecular formula is C22H23F2N3O2. The molecule has 2 aromatic carbocycles. The van der Waals surface area contributed by atoms with E-state index in [1.807, 2.05) is 48.3 Å². The minimum absolute atomic E-state index is 0.162. The van der Waals surface area contributed by atoms with Crippen molar-refractivity contribution in [2.45, 2.75) is 25.8 Å². The van der Waals surface area contributed by atoms with Crippen LogP contribution < -0.4 is 5.32 Å². The summed E-state index contributed by atoms with van der Waals surface area (Å²) in [6.45, 7) is 2.34. The minimum atomic E-state index is -0.672. The van der Waals surface area contributed by atoms with Crippen LogP contribution in [0.2, 0.25) is 0 Å². The maximum Gasteiger partial charge on any atom is 0.241 e. The topological polar surface area (TPSA) is 58.4 Å². The number of carbonyl (C=O) groups is 1. The first-order valence-electron chi connectivity index (χ1n) is 9.41. The standard InChI is InChI=1S/C22H23F2N3O2/c1-15(22(28)25-21-13-17(23)10-11-19(21)24)27(2)12-6-9-18-14-20(26-29-18)16-7-4-3-5-8-16/h3-5,7-8,10-11,13-15H,6,9,12H2,1-2H3,(H,25,28). The van der Waals surface area contributed by atoms with Crippen LogP contribution in [0.3, 0.4) is 0 Å². The molecule has 1 aromatic heterocycles. The van der Waals surface area contributed by atoms with Gasteiger partial charge in [0.15, 0.2) is 0 Å². The number of aryl methyl sites for hydroxylation is 1. The van der Waals surface area contributed by atoms with Crippen LogP contribution in [0.1, 0.15) is 19.1 Å². The molecule has 0 aliphatic carbocycles. The summed E-state index contributed by atoms with van der Waals surface area (Å²) in [6.07, 6.45) is 1.43. The Bertz CT molecular complexity index is 960. The van der Waals surface area contributed by atoms with Gasteiger partial charge >= 0.3 is 0 Å². The maximum absolute atomic E-state index is 13.7. The van der Waals surface area contributed by atoms with Crippen LogP contribution in [0, 0.1) is 11.6 Å². The normalized spacial score (nSPS) is 12.2. The van der Waals surface area contributed by atoms with Crippen molar-refractivity contribution in [3.63, 3.8) is 0 Å². The second-order valence-corrected chi connectivity index (χ2v) is 6.92. The van der Waals surface area contributed by atoms with E-state index in [4.69, 9.17) is 4.52 Å². The van der Waals surface area contributed by atoms with Crippen LogP contribution in [0.25, 0.3) is 11.3 Å². The Morgan fingerprint density at radius 2 is 1.93 bits per heavy atom. The van der Waals surface area contributed by atoms with Gasteiger partial charge in [0, 0.05) is 24.1 Å². The van der Waals surface area contributed by atoms with E-state index in [0.29, 0.717) is 13.0 Å². The first kappa shape index (κ1) is 20.7. The van der Waals surface area contributed by atoms with E-state index < -0.39 is 23.6 Å². The lowest BCUT2D eigenvalue weighted by Crippen LogP contribution is -2.40. The van der Waals surface area contributed by atoms with Crippen molar-refractivity contribution < 1.29 is 18.1 Å². The number of aromatic nitrogens is 1. The summed E-state index contributed by atoms with van der Waals surface area (Å²) >= 11 is 0. The van der Waals surface area contributed by atoms with Gasteiger partial charge in [0.1, 0.15) is 23.1 Å². The highest BCUT2D eigenvalue weighted by molar-refractivity contribution is 5.94. The van der Waals surface area contributed by atoms with Crippen molar-refractivity contribution in [3.05, 3.63) is 72.0 Å². The number of amides is 1. The minimum Gasteiger partial charge on any atom is -0.361 e. The van der Waals surface area contributed by atoms with E-state index in [1.165, 1.54) is 0 Å². The average Bonchev–Trinajstić information content (AvgIpc) is 3.19. The van der Waals surface area contributed by atoms with Crippen LogP contribution >= 0.6 is 0 Å². The predicted molar refractivity (Wildman–Crippen MR) is 107 cm³/mol. The largest absolute Gasteiger partial charge is 0.361 e. The highest BCUT2D eigenvalue weighted by Crippen LogP contribution is 2.19. The molecule has 152 valence electrons. The zero-order valence-electron chi connectivity index (χ0n) is 16.4. The van der Waals surface area contributed by atoms with E-state index in [0.717, 1.165) is 41.6 Å². The molecule has 1 unspecified atom stereocenters. The smallest absolute Gasteiger partial charge is 0.241 e. The van der Waals surface area contributed by atoms with Gasteiger partial charge in [-0.2, -0.15) is 0 Å². The molecule has 0 saturated carbocycles. The first-order chi connectivity index (χ1) is 13.9. The lowest BCUT2D eigenvalue weighted by molar-refractivity contribution is -0.120. The summed E-state index contributed by atoms with van der Waals surface area (Å²) < 4.78 is 32.3. The van der Waals surface area contributed by atoms with Gasteiger partial charge < -0.3 is 9.84 Å². The van der Waals surface area contributed by atoms with Crippen molar-refractivity contribution in [2.24, 2.45) is 0 Å². The SMILES string of the molecule is CC(C(=O)Nc1cc(F)ccc1F)N(C)CCCc1cc(-c2ccccc2)no1. The number of carbonyl (C=O) groups excluding carboxylic acids is 1. The summed E-state index contributed by atoms with van der Waals surface area (Å²) in [5, 5.41) is 6.53. The fourth-order valence-corrected chi connectivity index (χ4v) is 2.90.